The maximum Gasteiger partial charge on any atom is 0.265 e. The summed E-state index contributed by atoms with van der Waals surface area (Å²) in [5, 5.41) is 10.4. The van der Waals surface area contributed by atoms with Crippen LogP contribution < -0.4 is 0 Å². The summed E-state index contributed by atoms with van der Waals surface area (Å²) < 4.78 is 0. The van der Waals surface area contributed by atoms with Crippen molar-refractivity contribution in [3.8, 4) is 5.75 Å². The first-order valence-electron chi connectivity index (χ1n) is 6.62. The summed E-state index contributed by atoms with van der Waals surface area (Å²) >= 11 is 5.03. The van der Waals surface area contributed by atoms with E-state index in [2.05, 4.69) is 6.58 Å². The monoisotopic (exact) mass is 316 g/mol. The Kier molecular flexibility index (Phi) is 4.42. The predicted octanol–water partition coefficient (Wildman–Crippen LogP) is 1.72. The molecule has 1 aliphatic heterocycles. The van der Waals surface area contributed by atoms with Crippen LogP contribution in [0.15, 0.2) is 36.4 Å². The molecule has 2 rings (SSSR count). The van der Waals surface area contributed by atoms with Gasteiger partial charge in [-0.05, 0) is 30.3 Å². The van der Waals surface area contributed by atoms with E-state index in [9.17, 15) is 14.7 Å². The molecule has 1 fully saturated rings. The zero-order valence-electron chi connectivity index (χ0n) is 12.4. The molecule has 2 amide bonds. The number of hydrogen-bond acceptors (Lipinski definition) is 4. The Morgan fingerprint density at radius 2 is 1.82 bits per heavy atom. The van der Waals surface area contributed by atoms with Crippen molar-refractivity contribution in [2.75, 3.05) is 14.1 Å². The number of likely N-dealkylation sites (N-methyl/N-ethyl adjacent to an activating group) is 2. The summed E-state index contributed by atoms with van der Waals surface area (Å²) in [6.45, 7) is 3.63. The third-order valence-electron chi connectivity index (χ3n) is 3.46. The number of aromatic hydroxyl groups is 1. The van der Waals surface area contributed by atoms with Gasteiger partial charge in [0.15, 0.2) is 5.11 Å². The second-order valence-corrected chi connectivity index (χ2v) is 5.28. The number of phenols is 1. The lowest BCUT2D eigenvalue weighted by Crippen LogP contribution is -2.52. The average Bonchev–Trinajstić information content (AvgIpc) is 2.51. The molecule has 1 N–H and O–H groups in total. The molecule has 1 aromatic carbocycles. The van der Waals surface area contributed by atoms with E-state index >= 15 is 0 Å². The number of hydrogen-bond donors (Lipinski definition) is 1. The summed E-state index contributed by atoms with van der Waals surface area (Å²) in [6, 6.07) is 5.15. The van der Waals surface area contributed by atoms with Gasteiger partial charge in [-0.25, -0.2) is 0 Å². The van der Waals surface area contributed by atoms with Crippen LogP contribution in [0.4, 0.5) is 0 Å². The topological polar surface area (TPSA) is 60.9 Å². The molecule has 0 bridgehead atoms. The number of rotatable bonds is 3. The highest BCUT2D eigenvalue weighted by molar-refractivity contribution is 7.80. The van der Waals surface area contributed by atoms with Gasteiger partial charge >= 0.3 is 0 Å². The summed E-state index contributed by atoms with van der Waals surface area (Å²) in [4.78, 5) is 26.9. The number of nitrogens with zero attached hydrogens (tertiary/aromatic N) is 2. The van der Waals surface area contributed by atoms with E-state index in [1.807, 2.05) is 0 Å². The highest BCUT2D eigenvalue weighted by atomic mass is 32.1. The Morgan fingerprint density at radius 1 is 1.23 bits per heavy atom. The van der Waals surface area contributed by atoms with Crippen LogP contribution in [0.25, 0.3) is 6.08 Å². The lowest BCUT2D eigenvalue weighted by atomic mass is 10.0. The van der Waals surface area contributed by atoms with Crippen molar-refractivity contribution in [2.45, 2.75) is 6.42 Å². The van der Waals surface area contributed by atoms with E-state index in [-0.39, 0.29) is 16.4 Å². The SMILES string of the molecule is C=CCc1cccc(C=C2C(=O)N(C)C(=S)N(C)C2=O)c1O. The Bertz CT molecular complexity index is 683. The number of amides is 2. The van der Waals surface area contributed by atoms with Crippen LogP contribution in [-0.4, -0.2) is 45.9 Å². The first kappa shape index (κ1) is 15.9. The Hall–Kier alpha value is -2.47. The molecule has 0 radical (unpaired) electrons. The summed E-state index contributed by atoms with van der Waals surface area (Å²) in [6.07, 6.45) is 3.55. The van der Waals surface area contributed by atoms with Gasteiger partial charge in [0.1, 0.15) is 11.3 Å². The maximum atomic E-state index is 12.2. The predicted molar refractivity (Wildman–Crippen MR) is 88.1 cm³/mol. The molecule has 5 nitrogen and oxygen atoms in total. The van der Waals surface area contributed by atoms with Crippen LogP contribution in [0.2, 0.25) is 0 Å². The largest absolute Gasteiger partial charge is 0.507 e. The Morgan fingerprint density at radius 3 is 2.36 bits per heavy atom. The second-order valence-electron chi connectivity index (χ2n) is 4.92. The van der Waals surface area contributed by atoms with Crippen molar-refractivity contribution in [1.29, 1.82) is 0 Å². The number of benzene rings is 1. The third kappa shape index (κ3) is 2.65. The van der Waals surface area contributed by atoms with Crippen LogP contribution in [0, 0.1) is 0 Å². The van der Waals surface area contributed by atoms with Crippen LogP contribution in [0.1, 0.15) is 11.1 Å². The van der Waals surface area contributed by atoms with E-state index in [0.29, 0.717) is 17.5 Å². The van der Waals surface area contributed by atoms with Crippen molar-refractivity contribution in [3.05, 3.63) is 47.6 Å². The Labute approximate surface area is 134 Å². The van der Waals surface area contributed by atoms with Gasteiger partial charge < -0.3 is 5.11 Å². The normalized spacial score (nSPS) is 15.4. The van der Waals surface area contributed by atoms with Crippen molar-refractivity contribution in [3.63, 3.8) is 0 Å². The fourth-order valence-corrected chi connectivity index (χ4v) is 2.34. The molecule has 0 unspecified atom stereocenters. The standard InChI is InChI=1S/C16H16N2O3S/c1-4-6-10-7-5-8-11(13(10)19)9-12-14(20)17(2)16(22)18(3)15(12)21/h4-5,7-9,19H,1,6H2,2-3H3. The van der Waals surface area contributed by atoms with Crippen molar-refractivity contribution < 1.29 is 14.7 Å². The summed E-state index contributed by atoms with van der Waals surface area (Å²) in [5.74, 6) is -0.933. The van der Waals surface area contributed by atoms with Gasteiger partial charge in [0.05, 0.1) is 0 Å². The summed E-state index contributed by atoms with van der Waals surface area (Å²) in [5.41, 5.74) is 1.05. The molecule has 0 spiro atoms. The minimum absolute atomic E-state index is 0.0361. The smallest absolute Gasteiger partial charge is 0.265 e. The van der Waals surface area contributed by atoms with Gasteiger partial charge in [-0.2, -0.15) is 0 Å². The van der Waals surface area contributed by atoms with E-state index in [1.165, 1.54) is 30.0 Å². The molecule has 6 heteroatoms. The van der Waals surface area contributed by atoms with Gasteiger partial charge in [0.2, 0.25) is 0 Å². The second kappa shape index (κ2) is 6.11. The number of carbonyl (C=O) groups excluding carboxylic acids is 2. The molecular weight excluding hydrogens is 300 g/mol. The van der Waals surface area contributed by atoms with Crippen LogP contribution >= 0.6 is 12.2 Å². The number of carbonyl (C=O) groups is 2. The zero-order valence-corrected chi connectivity index (χ0v) is 13.2. The van der Waals surface area contributed by atoms with E-state index in [0.717, 1.165) is 0 Å². The number of phenolic OH excluding ortho intramolecular Hbond substituents is 1. The van der Waals surface area contributed by atoms with E-state index in [4.69, 9.17) is 12.2 Å². The first-order chi connectivity index (χ1) is 10.4. The lowest BCUT2D eigenvalue weighted by molar-refractivity contribution is -0.132. The molecule has 0 saturated carbocycles. The van der Waals surface area contributed by atoms with Gasteiger partial charge in [-0.15, -0.1) is 6.58 Å². The summed E-state index contributed by atoms with van der Waals surface area (Å²) in [7, 11) is 3.02. The van der Waals surface area contributed by atoms with E-state index in [1.54, 1.807) is 24.3 Å². The van der Waals surface area contributed by atoms with E-state index < -0.39 is 11.8 Å². The lowest BCUT2D eigenvalue weighted by Gasteiger charge is -2.31. The maximum absolute atomic E-state index is 12.2. The Balaban J connectivity index is 2.50. The van der Waals surface area contributed by atoms with Crippen molar-refractivity contribution >= 4 is 35.2 Å². The molecule has 0 atom stereocenters. The van der Waals surface area contributed by atoms with Crippen LogP contribution in [0.5, 0.6) is 5.75 Å². The van der Waals surface area contributed by atoms with Gasteiger partial charge in [-0.1, -0.05) is 24.3 Å². The number of para-hydroxylation sites is 1. The van der Waals surface area contributed by atoms with Gasteiger partial charge in [0, 0.05) is 19.7 Å². The molecular formula is C16H16N2O3S. The molecule has 1 aromatic rings. The highest BCUT2D eigenvalue weighted by Gasteiger charge is 2.35. The van der Waals surface area contributed by atoms with Crippen molar-refractivity contribution in [2.24, 2.45) is 0 Å². The zero-order chi connectivity index (χ0) is 16.4. The molecule has 22 heavy (non-hydrogen) atoms. The minimum atomic E-state index is -0.485. The number of allylic oxidation sites excluding steroid dienone is 1. The fraction of sp³-hybridized carbons (Fsp3) is 0.188. The fourth-order valence-electron chi connectivity index (χ4n) is 2.18. The average molecular weight is 316 g/mol. The number of thiocarbonyl (C=S) groups is 1. The van der Waals surface area contributed by atoms with Gasteiger partial charge in [0.25, 0.3) is 11.8 Å². The molecule has 0 aliphatic carbocycles. The van der Waals surface area contributed by atoms with Crippen molar-refractivity contribution in [1.82, 2.24) is 9.80 Å². The quantitative estimate of drug-likeness (QED) is 0.399. The third-order valence-corrected chi connectivity index (χ3v) is 4.01. The molecule has 1 aliphatic rings. The van der Waals surface area contributed by atoms with Crippen LogP contribution in [0.3, 0.4) is 0 Å². The van der Waals surface area contributed by atoms with Crippen LogP contribution in [-0.2, 0) is 16.0 Å². The highest BCUT2D eigenvalue weighted by Crippen LogP contribution is 2.27. The minimum Gasteiger partial charge on any atom is -0.507 e. The molecule has 1 heterocycles. The molecule has 1 saturated heterocycles. The van der Waals surface area contributed by atoms with Gasteiger partial charge in [-0.3, -0.25) is 19.4 Å². The molecule has 0 aromatic heterocycles. The first-order valence-corrected chi connectivity index (χ1v) is 7.02. The molecule has 114 valence electrons.